The van der Waals surface area contributed by atoms with E-state index in [0.29, 0.717) is 0 Å². The largest absolute Gasteiger partial charge is 0.352 e. The van der Waals surface area contributed by atoms with Gasteiger partial charge in [0.1, 0.15) is 6.04 Å². The van der Waals surface area contributed by atoms with Gasteiger partial charge in [-0.1, -0.05) is 54.6 Å². The summed E-state index contributed by atoms with van der Waals surface area (Å²) in [6.07, 6.45) is 2.02. The Morgan fingerprint density at radius 1 is 1.12 bits per heavy atom. The summed E-state index contributed by atoms with van der Waals surface area (Å²) in [5, 5.41) is 2.63. The van der Waals surface area contributed by atoms with Gasteiger partial charge in [0.05, 0.1) is 11.7 Å². The molecule has 2 aromatic carbocycles. The number of hydrogen-bond acceptors (Lipinski definition) is 2. The second-order valence-corrected chi connectivity index (χ2v) is 6.45. The van der Waals surface area contributed by atoms with Crippen molar-refractivity contribution in [2.45, 2.75) is 19.0 Å². The number of nitrogens with zero attached hydrogens (tertiary/aromatic N) is 1. The maximum Gasteiger partial charge on any atom is 0.312 e. The van der Waals surface area contributed by atoms with Gasteiger partial charge in [-0.3, -0.25) is 4.79 Å². The first-order valence-electron chi connectivity index (χ1n) is 8.33. The number of anilines is 1. The molecule has 0 radical (unpaired) electrons. The molecule has 5 heteroatoms. The summed E-state index contributed by atoms with van der Waals surface area (Å²) >= 11 is 0. The highest BCUT2D eigenvalue weighted by molar-refractivity contribution is 6.08. The fourth-order valence-electron chi connectivity index (χ4n) is 3.63. The van der Waals surface area contributed by atoms with Gasteiger partial charge in [0.25, 0.3) is 5.91 Å². The molecule has 4 rings (SSSR count). The Morgan fingerprint density at radius 2 is 1.80 bits per heavy atom. The molecule has 1 unspecified atom stereocenters. The standard InChI is InChI=1S/C20H19N3O2/c1-12(13-7-3-2-4-8-13)23-17-10-6-5-9-14(17)15-11-16(15)18(19(23)24)22-20(21)25/h2-12,16,18H,1H3,(H3,21,22,25)/t12-,16?,18+/m0/s1. The van der Waals surface area contributed by atoms with E-state index in [4.69, 9.17) is 5.73 Å². The van der Waals surface area contributed by atoms with E-state index in [9.17, 15) is 9.59 Å². The van der Waals surface area contributed by atoms with Crippen molar-refractivity contribution >= 4 is 23.2 Å². The second-order valence-electron chi connectivity index (χ2n) is 6.45. The maximum atomic E-state index is 13.3. The van der Waals surface area contributed by atoms with Crippen molar-refractivity contribution in [1.82, 2.24) is 5.32 Å². The van der Waals surface area contributed by atoms with Crippen molar-refractivity contribution in [3.63, 3.8) is 0 Å². The Balaban J connectivity index is 1.81. The van der Waals surface area contributed by atoms with Crippen LogP contribution in [0.5, 0.6) is 0 Å². The number of hydrogen-bond donors (Lipinski definition) is 2. The van der Waals surface area contributed by atoms with E-state index in [1.54, 1.807) is 4.90 Å². The van der Waals surface area contributed by atoms with Crippen molar-refractivity contribution in [3.8, 4) is 0 Å². The highest BCUT2D eigenvalue weighted by Crippen LogP contribution is 2.49. The lowest BCUT2D eigenvalue weighted by molar-refractivity contribution is -0.121. The van der Waals surface area contributed by atoms with E-state index in [1.165, 1.54) is 0 Å². The molecule has 1 aliphatic carbocycles. The number of benzene rings is 2. The van der Waals surface area contributed by atoms with Crippen molar-refractivity contribution in [3.05, 3.63) is 71.8 Å². The molecule has 0 bridgehead atoms. The smallest absolute Gasteiger partial charge is 0.312 e. The van der Waals surface area contributed by atoms with Gasteiger partial charge in [-0.25, -0.2) is 4.79 Å². The molecule has 3 amide bonds. The lowest BCUT2D eigenvalue weighted by Gasteiger charge is -2.32. The zero-order valence-electron chi connectivity index (χ0n) is 13.8. The summed E-state index contributed by atoms with van der Waals surface area (Å²) in [5.74, 6) is -0.231. The summed E-state index contributed by atoms with van der Waals surface area (Å²) in [5.41, 5.74) is 9.34. The number of primary amides is 1. The molecule has 1 aliphatic heterocycles. The minimum absolute atomic E-state index is 0.0888. The molecule has 0 saturated carbocycles. The number of amides is 3. The van der Waals surface area contributed by atoms with Crippen LogP contribution in [0, 0.1) is 5.92 Å². The highest BCUT2D eigenvalue weighted by atomic mass is 16.2. The Morgan fingerprint density at radius 3 is 2.52 bits per heavy atom. The number of carbonyl (C=O) groups excluding carboxylic acids is 2. The van der Waals surface area contributed by atoms with E-state index in [-0.39, 0.29) is 17.9 Å². The molecule has 5 nitrogen and oxygen atoms in total. The van der Waals surface area contributed by atoms with Gasteiger partial charge in [0.2, 0.25) is 0 Å². The number of nitrogens with two attached hydrogens (primary N) is 1. The predicted octanol–water partition coefficient (Wildman–Crippen LogP) is 2.84. The Hall–Kier alpha value is -3.08. The van der Waals surface area contributed by atoms with Crippen LogP contribution in [-0.4, -0.2) is 18.0 Å². The summed E-state index contributed by atoms with van der Waals surface area (Å²) in [4.78, 5) is 26.5. The molecule has 2 aromatic rings. The Labute approximate surface area is 146 Å². The van der Waals surface area contributed by atoms with Gasteiger partial charge in [-0.2, -0.15) is 0 Å². The number of rotatable bonds is 3. The average molecular weight is 333 g/mol. The summed E-state index contributed by atoms with van der Waals surface area (Å²) in [6.45, 7) is 2.00. The highest BCUT2D eigenvalue weighted by Gasteiger charge is 2.46. The normalized spacial score (nSPS) is 22.2. The molecule has 0 spiro atoms. The van der Waals surface area contributed by atoms with Crippen LogP contribution in [0.25, 0.3) is 5.57 Å². The van der Waals surface area contributed by atoms with Crippen LogP contribution in [0.15, 0.2) is 60.7 Å². The number of para-hydroxylation sites is 1. The molecule has 3 N–H and O–H groups in total. The molecule has 0 fully saturated rings. The van der Waals surface area contributed by atoms with Crippen LogP contribution in [0.2, 0.25) is 0 Å². The van der Waals surface area contributed by atoms with Crippen LogP contribution < -0.4 is 16.0 Å². The van der Waals surface area contributed by atoms with Gasteiger partial charge in [0.15, 0.2) is 0 Å². The third-order valence-corrected chi connectivity index (χ3v) is 4.91. The van der Waals surface area contributed by atoms with E-state index < -0.39 is 12.1 Å². The number of urea groups is 1. The van der Waals surface area contributed by atoms with Gasteiger partial charge in [-0.15, -0.1) is 0 Å². The second kappa shape index (κ2) is 5.77. The van der Waals surface area contributed by atoms with E-state index in [2.05, 4.69) is 5.32 Å². The molecule has 25 heavy (non-hydrogen) atoms. The molecule has 3 atom stereocenters. The zero-order valence-corrected chi connectivity index (χ0v) is 13.8. The number of nitrogens with one attached hydrogen (secondary N) is 1. The summed E-state index contributed by atoms with van der Waals surface area (Å²) in [7, 11) is 0. The van der Waals surface area contributed by atoms with Gasteiger partial charge in [-0.05, 0) is 24.1 Å². The van der Waals surface area contributed by atoms with Crippen molar-refractivity contribution in [1.29, 1.82) is 0 Å². The third-order valence-electron chi connectivity index (χ3n) is 4.91. The van der Waals surface area contributed by atoms with Crippen molar-refractivity contribution < 1.29 is 9.59 Å². The molecular formula is C20H19N3O2. The molecular weight excluding hydrogens is 314 g/mol. The van der Waals surface area contributed by atoms with Crippen LogP contribution in [0.4, 0.5) is 10.5 Å². The van der Waals surface area contributed by atoms with E-state index in [1.807, 2.05) is 67.6 Å². The van der Waals surface area contributed by atoms with Crippen molar-refractivity contribution in [2.24, 2.45) is 11.7 Å². The number of fused-ring (bicyclic) bond motifs is 3. The summed E-state index contributed by atoms with van der Waals surface area (Å²) in [6, 6.07) is 16.2. The first-order chi connectivity index (χ1) is 12.1. The molecule has 0 saturated heterocycles. The first-order valence-corrected chi connectivity index (χ1v) is 8.33. The monoisotopic (exact) mass is 333 g/mol. The fraction of sp³-hybridized carbons (Fsp3) is 0.200. The van der Waals surface area contributed by atoms with Crippen LogP contribution in [0.3, 0.4) is 0 Å². The average Bonchev–Trinajstić information content (AvgIpc) is 3.41. The molecule has 2 aliphatic rings. The van der Waals surface area contributed by atoms with Crippen molar-refractivity contribution in [2.75, 3.05) is 4.90 Å². The van der Waals surface area contributed by atoms with Gasteiger partial charge in [0, 0.05) is 11.5 Å². The lowest BCUT2D eigenvalue weighted by atomic mass is 10.0. The van der Waals surface area contributed by atoms with E-state index in [0.717, 1.165) is 22.4 Å². The Kier molecular flexibility index (Phi) is 3.57. The van der Waals surface area contributed by atoms with Gasteiger partial charge >= 0.3 is 6.03 Å². The molecule has 1 heterocycles. The number of carbonyl (C=O) groups is 2. The van der Waals surface area contributed by atoms with Crippen LogP contribution in [0.1, 0.15) is 24.1 Å². The van der Waals surface area contributed by atoms with Crippen LogP contribution >= 0.6 is 0 Å². The topological polar surface area (TPSA) is 75.4 Å². The minimum atomic E-state index is -0.684. The molecule has 126 valence electrons. The zero-order chi connectivity index (χ0) is 17.6. The lowest BCUT2D eigenvalue weighted by Crippen LogP contribution is -2.51. The Bertz CT molecular complexity index is 876. The predicted molar refractivity (Wildman–Crippen MR) is 96.8 cm³/mol. The quantitative estimate of drug-likeness (QED) is 0.906. The fourth-order valence-corrected chi connectivity index (χ4v) is 3.63. The summed E-state index contributed by atoms with van der Waals surface area (Å²) < 4.78 is 0. The van der Waals surface area contributed by atoms with E-state index >= 15 is 0 Å². The maximum absolute atomic E-state index is 13.3. The minimum Gasteiger partial charge on any atom is -0.352 e. The SMILES string of the molecule is C[C@@H](c1ccccc1)N1C(=O)[C@H](NC(N)=O)C2C=C2c2ccccc21. The molecule has 0 aromatic heterocycles. The van der Waals surface area contributed by atoms with Crippen LogP contribution in [-0.2, 0) is 4.79 Å². The van der Waals surface area contributed by atoms with Gasteiger partial charge < -0.3 is 16.0 Å². The third kappa shape index (κ3) is 2.58. The first kappa shape index (κ1) is 15.4.